The van der Waals surface area contributed by atoms with E-state index < -0.39 is 5.41 Å². The molecule has 1 aliphatic carbocycles. The molecule has 0 saturated heterocycles. The van der Waals surface area contributed by atoms with Gasteiger partial charge in [-0.25, -0.2) is 14.5 Å². The second-order valence-electron chi connectivity index (χ2n) is 8.33. The minimum atomic E-state index is -0.708. The number of aromatic amines is 1. The second kappa shape index (κ2) is 8.66. The summed E-state index contributed by atoms with van der Waals surface area (Å²) in [4.78, 5) is 17.6. The molecule has 172 valence electrons. The summed E-state index contributed by atoms with van der Waals surface area (Å²) in [5, 5.41) is 17.2. The number of hydrogen-bond acceptors (Lipinski definition) is 6. The minimum Gasteiger partial charge on any atom is -0.478 e. The molecule has 0 unspecified atom stereocenters. The molecule has 0 spiro atoms. The van der Waals surface area contributed by atoms with E-state index >= 15 is 0 Å². The quantitative estimate of drug-likeness (QED) is 0.424. The van der Waals surface area contributed by atoms with Crippen molar-refractivity contribution < 1.29 is 13.9 Å². The van der Waals surface area contributed by atoms with E-state index in [1.807, 2.05) is 37.3 Å². The molecular formula is C25H23FN6O2. The number of carbonyl (C=O) groups is 1. The average Bonchev–Trinajstić information content (AvgIpc) is 3.48. The summed E-state index contributed by atoms with van der Waals surface area (Å²) in [5.41, 5.74) is 3.54. The zero-order chi connectivity index (χ0) is 23.7. The summed E-state index contributed by atoms with van der Waals surface area (Å²) in [6.45, 7) is 4.14. The number of nitrogens with zero attached hydrogens (tertiary/aromatic N) is 4. The van der Waals surface area contributed by atoms with Gasteiger partial charge < -0.3 is 10.1 Å². The molecule has 5 rings (SSSR count). The maximum Gasteiger partial charge on any atom is 0.235 e. The van der Waals surface area contributed by atoms with Crippen molar-refractivity contribution in [2.24, 2.45) is 0 Å². The van der Waals surface area contributed by atoms with Crippen molar-refractivity contribution in [3.05, 3.63) is 71.7 Å². The van der Waals surface area contributed by atoms with Gasteiger partial charge in [-0.05, 0) is 78.1 Å². The van der Waals surface area contributed by atoms with Crippen molar-refractivity contribution >= 4 is 11.6 Å². The van der Waals surface area contributed by atoms with Gasteiger partial charge in [-0.2, -0.15) is 0 Å². The van der Waals surface area contributed by atoms with E-state index in [-0.39, 0.29) is 11.7 Å². The number of hydrogen-bond donors (Lipinski definition) is 2. The normalized spacial score (nSPS) is 14.0. The van der Waals surface area contributed by atoms with Crippen LogP contribution in [0.5, 0.6) is 5.88 Å². The average molecular weight is 458 g/mol. The first-order valence-electron chi connectivity index (χ1n) is 11.1. The lowest BCUT2D eigenvalue weighted by atomic mass is 9.93. The Kier molecular flexibility index (Phi) is 5.53. The van der Waals surface area contributed by atoms with Gasteiger partial charge in [0, 0.05) is 29.1 Å². The van der Waals surface area contributed by atoms with Gasteiger partial charge in [0.15, 0.2) is 5.82 Å². The molecule has 8 nitrogen and oxygen atoms in total. The first-order valence-corrected chi connectivity index (χ1v) is 11.1. The number of aryl methyl sites for hydroxylation is 1. The second-order valence-corrected chi connectivity index (χ2v) is 8.33. The Hall–Kier alpha value is -4.14. The molecule has 0 radical (unpaired) electrons. The molecule has 0 bridgehead atoms. The Morgan fingerprint density at radius 3 is 2.65 bits per heavy atom. The van der Waals surface area contributed by atoms with E-state index in [0.717, 1.165) is 11.1 Å². The van der Waals surface area contributed by atoms with Crippen LogP contribution in [-0.2, 0) is 10.2 Å². The van der Waals surface area contributed by atoms with Crippen LogP contribution in [0, 0.1) is 12.7 Å². The van der Waals surface area contributed by atoms with Crippen LogP contribution in [0.3, 0.4) is 0 Å². The number of amides is 1. The van der Waals surface area contributed by atoms with E-state index in [9.17, 15) is 9.18 Å². The zero-order valence-corrected chi connectivity index (χ0v) is 18.8. The van der Waals surface area contributed by atoms with Gasteiger partial charge in [0.1, 0.15) is 5.82 Å². The molecule has 0 aliphatic heterocycles. The zero-order valence-electron chi connectivity index (χ0n) is 18.8. The maximum atomic E-state index is 14.1. The molecule has 2 heterocycles. The van der Waals surface area contributed by atoms with E-state index in [1.165, 1.54) is 6.07 Å². The highest BCUT2D eigenvalue weighted by molar-refractivity contribution is 6.02. The highest BCUT2D eigenvalue weighted by Crippen LogP contribution is 2.49. The first kappa shape index (κ1) is 21.7. The molecule has 4 aromatic rings. The van der Waals surface area contributed by atoms with Crippen LogP contribution in [0.15, 0.2) is 54.7 Å². The highest BCUT2D eigenvalue weighted by atomic mass is 19.1. The number of anilines is 1. The van der Waals surface area contributed by atoms with Crippen LogP contribution in [0.4, 0.5) is 10.1 Å². The number of aromatic nitrogens is 5. The van der Waals surface area contributed by atoms with E-state index in [2.05, 4.69) is 30.9 Å². The predicted octanol–water partition coefficient (Wildman–Crippen LogP) is 4.45. The molecule has 1 aliphatic rings. The number of nitrogens with one attached hydrogen (secondary N) is 2. The number of carbonyl (C=O) groups excluding carboxylic acids is 1. The van der Waals surface area contributed by atoms with Gasteiger partial charge in [0.05, 0.1) is 12.0 Å². The molecule has 1 fully saturated rings. The third-order valence-electron chi connectivity index (χ3n) is 6.13. The molecular weight excluding hydrogens is 435 g/mol. The lowest BCUT2D eigenvalue weighted by molar-refractivity contribution is -0.118. The molecule has 1 saturated carbocycles. The molecule has 2 N–H and O–H groups in total. The fraction of sp³-hybridized carbons (Fsp3) is 0.240. The highest BCUT2D eigenvalue weighted by Gasteiger charge is 2.51. The topological polar surface area (TPSA) is 106 Å². The Morgan fingerprint density at radius 2 is 2.00 bits per heavy atom. The van der Waals surface area contributed by atoms with Gasteiger partial charge in [0.25, 0.3) is 0 Å². The summed E-state index contributed by atoms with van der Waals surface area (Å²) in [6, 6.07) is 14.2. The number of benzene rings is 2. The van der Waals surface area contributed by atoms with Crippen LogP contribution in [0.25, 0.3) is 22.5 Å². The molecule has 1 amide bonds. The van der Waals surface area contributed by atoms with Crippen LogP contribution >= 0.6 is 0 Å². The van der Waals surface area contributed by atoms with E-state index in [1.54, 1.807) is 25.3 Å². The molecule has 2 aromatic heterocycles. The number of ether oxygens (including phenoxy) is 1. The molecule has 2 aromatic carbocycles. The largest absolute Gasteiger partial charge is 0.478 e. The smallest absolute Gasteiger partial charge is 0.235 e. The Balaban J connectivity index is 1.45. The fourth-order valence-electron chi connectivity index (χ4n) is 4.03. The van der Waals surface area contributed by atoms with Crippen molar-refractivity contribution in [2.75, 3.05) is 11.9 Å². The number of tetrazole rings is 1. The molecule has 9 heteroatoms. The fourth-order valence-corrected chi connectivity index (χ4v) is 4.03. The number of rotatable bonds is 7. The van der Waals surface area contributed by atoms with Gasteiger partial charge in [0.2, 0.25) is 11.8 Å². The number of halogens is 1. The molecule has 34 heavy (non-hydrogen) atoms. The van der Waals surface area contributed by atoms with Crippen molar-refractivity contribution in [1.82, 2.24) is 25.6 Å². The summed E-state index contributed by atoms with van der Waals surface area (Å²) in [6.07, 6.45) is 3.07. The standard InChI is InChI=1S/C25H23FN6O2/c1-3-34-22-9-5-16(14-27-22)19-8-7-18(13-20(19)23-29-31-32-30-23)28-24(33)25(10-11-25)17-6-4-15(2)21(26)12-17/h4-9,12-14H,3,10-11H2,1-2H3,(H,28,33)(H,29,30,31,32). The van der Waals surface area contributed by atoms with Crippen LogP contribution in [0.1, 0.15) is 30.9 Å². The van der Waals surface area contributed by atoms with Crippen molar-refractivity contribution in [3.63, 3.8) is 0 Å². The minimum absolute atomic E-state index is 0.159. The maximum absolute atomic E-state index is 14.1. The van der Waals surface area contributed by atoms with Crippen LogP contribution in [-0.4, -0.2) is 38.1 Å². The third-order valence-corrected chi connectivity index (χ3v) is 6.13. The van der Waals surface area contributed by atoms with Crippen molar-refractivity contribution in [1.29, 1.82) is 0 Å². The Bertz CT molecular complexity index is 1330. The Labute approximate surface area is 195 Å². The third kappa shape index (κ3) is 4.00. The summed E-state index contributed by atoms with van der Waals surface area (Å²) >= 11 is 0. The van der Waals surface area contributed by atoms with E-state index in [0.29, 0.717) is 53.5 Å². The SMILES string of the molecule is CCOc1ccc(-c2ccc(NC(=O)C3(c4ccc(C)c(F)c4)CC3)cc2-c2nnn[nH]2)cn1. The lowest BCUT2D eigenvalue weighted by Gasteiger charge is -2.17. The number of H-pyrrole nitrogens is 1. The van der Waals surface area contributed by atoms with Crippen molar-refractivity contribution in [2.45, 2.75) is 32.1 Å². The van der Waals surface area contributed by atoms with Crippen LogP contribution in [0.2, 0.25) is 0 Å². The van der Waals surface area contributed by atoms with Crippen molar-refractivity contribution in [3.8, 4) is 28.4 Å². The lowest BCUT2D eigenvalue weighted by Crippen LogP contribution is -2.28. The van der Waals surface area contributed by atoms with Gasteiger partial charge in [-0.3, -0.25) is 4.79 Å². The number of pyridine rings is 1. The first-order chi connectivity index (χ1) is 16.5. The monoisotopic (exact) mass is 458 g/mol. The van der Waals surface area contributed by atoms with Crippen LogP contribution < -0.4 is 10.1 Å². The molecule has 0 atom stereocenters. The summed E-state index contributed by atoms with van der Waals surface area (Å²) in [5.74, 6) is 0.542. The summed E-state index contributed by atoms with van der Waals surface area (Å²) < 4.78 is 19.6. The summed E-state index contributed by atoms with van der Waals surface area (Å²) in [7, 11) is 0. The van der Waals surface area contributed by atoms with E-state index in [4.69, 9.17) is 4.74 Å². The predicted molar refractivity (Wildman–Crippen MR) is 125 cm³/mol. The Morgan fingerprint density at radius 1 is 1.15 bits per heavy atom. The van der Waals surface area contributed by atoms with Gasteiger partial charge >= 0.3 is 0 Å². The van der Waals surface area contributed by atoms with Gasteiger partial charge in [-0.15, -0.1) is 5.10 Å². The van der Waals surface area contributed by atoms with Gasteiger partial charge in [-0.1, -0.05) is 18.2 Å².